The summed E-state index contributed by atoms with van der Waals surface area (Å²) in [5.41, 5.74) is 2.32. The van der Waals surface area contributed by atoms with E-state index in [0.29, 0.717) is 6.54 Å². The number of nitro benzene ring substituents is 1. The van der Waals surface area contributed by atoms with Crippen molar-refractivity contribution >= 4 is 17.3 Å². The molecule has 1 N–H and O–H groups in total. The highest BCUT2D eigenvalue weighted by Crippen LogP contribution is 2.22. The second kappa shape index (κ2) is 8.05. The zero-order valence-electron chi connectivity index (χ0n) is 15.8. The summed E-state index contributed by atoms with van der Waals surface area (Å²) in [5, 5.41) is 13.3. The Balaban J connectivity index is 1.86. The smallest absolute Gasteiger partial charge is 0.306 e. The summed E-state index contributed by atoms with van der Waals surface area (Å²) in [4.78, 5) is 34.7. The SMILES string of the molecule is Cc1ccc(C)c(Cn2cc(C(=O)Nc3ccc(F)c([N+](=O)[O-])c3)ccc2=O)c1. The molecule has 1 amide bonds. The van der Waals surface area contributed by atoms with Crippen molar-refractivity contribution in [3.05, 3.63) is 103 Å². The molecule has 0 saturated heterocycles. The first-order valence-corrected chi connectivity index (χ1v) is 8.76. The number of hydrogen-bond donors (Lipinski definition) is 1. The summed E-state index contributed by atoms with van der Waals surface area (Å²) in [7, 11) is 0. The number of benzene rings is 2. The fraction of sp³-hybridized carbons (Fsp3) is 0.143. The maximum atomic E-state index is 13.5. The van der Waals surface area contributed by atoms with E-state index in [1.165, 1.54) is 29.0 Å². The number of carbonyl (C=O) groups excluding carboxylic acids is 1. The second-order valence-electron chi connectivity index (χ2n) is 6.69. The van der Waals surface area contributed by atoms with Gasteiger partial charge in [-0.2, -0.15) is 4.39 Å². The minimum Gasteiger partial charge on any atom is -0.322 e. The van der Waals surface area contributed by atoms with Gasteiger partial charge in [-0.3, -0.25) is 19.7 Å². The summed E-state index contributed by atoms with van der Waals surface area (Å²) in [6, 6.07) is 11.7. The fourth-order valence-electron chi connectivity index (χ4n) is 2.88. The molecule has 7 nitrogen and oxygen atoms in total. The van der Waals surface area contributed by atoms with Gasteiger partial charge in [-0.25, -0.2) is 0 Å². The first kappa shape index (κ1) is 19.9. The molecular weight excluding hydrogens is 377 g/mol. The number of anilines is 1. The van der Waals surface area contributed by atoms with Crippen LogP contribution in [0.15, 0.2) is 59.5 Å². The van der Waals surface area contributed by atoms with Crippen molar-refractivity contribution in [2.24, 2.45) is 0 Å². The van der Waals surface area contributed by atoms with E-state index in [4.69, 9.17) is 0 Å². The van der Waals surface area contributed by atoms with E-state index in [0.717, 1.165) is 28.8 Å². The van der Waals surface area contributed by atoms with Crippen LogP contribution in [0, 0.1) is 29.8 Å². The number of aryl methyl sites for hydroxylation is 2. The number of halogens is 1. The van der Waals surface area contributed by atoms with Gasteiger partial charge in [0.15, 0.2) is 0 Å². The minimum atomic E-state index is -0.991. The van der Waals surface area contributed by atoms with Crippen LogP contribution in [0.25, 0.3) is 0 Å². The van der Waals surface area contributed by atoms with Crippen LogP contribution in [0.1, 0.15) is 27.0 Å². The van der Waals surface area contributed by atoms with Crippen LogP contribution in [0.5, 0.6) is 0 Å². The molecule has 0 radical (unpaired) electrons. The number of carbonyl (C=O) groups is 1. The van der Waals surface area contributed by atoms with Crippen molar-refractivity contribution in [2.45, 2.75) is 20.4 Å². The van der Waals surface area contributed by atoms with Crippen LogP contribution >= 0.6 is 0 Å². The minimum absolute atomic E-state index is 0.0791. The lowest BCUT2D eigenvalue weighted by molar-refractivity contribution is -0.387. The van der Waals surface area contributed by atoms with Gasteiger partial charge >= 0.3 is 5.69 Å². The van der Waals surface area contributed by atoms with Gasteiger partial charge in [0.1, 0.15) is 0 Å². The molecule has 0 aliphatic rings. The molecule has 29 heavy (non-hydrogen) atoms. The topological polar surface area (TPSA) is 94.2 Å². The number of hydrogen-bond acceptors (Lipinski definition) is 4. The van der Waals surface area contributed by atoms with Gasteiger partial charge in [0.05, 0.1) is 17.0 Å². The monoisotopic (exact) mass is 395 g/mol. The van der Waals surface area contributed by atoms with E-state index in [2.05, 4.69) is 5.32 Å². The van der Waals surface area contributed by atoms with Crippen molar-refractivity contribution in [2.75, 3.05) is 5.32 Å². The summed E-state index contributed by atoms with van der Waals surface area (Å²) in [5.74, 6) is -1.56. The van der Waals surface area contributed by atoms with E-state index in [1.807, 2.05) is 32.0 Å². The number of nitro groups is 1. The molecule has 3 rings (SSSR count). The molecule has 0 saturated carbocycles. The molecule has 0 aliphatic heterocycles. The van der Waals surface area contributed by atoms with Crippen LogP contribution in [0.4, 0.5) is 15.8 Å². The molecule has 0 bridgehead atoms. The predicted molar refractivity (Wildman–Crippen MR) is 107 cm³/mol. The maximum Gasteiger partial charge on any atom is 0.306 e. The van der Waals surface area contributed by atoms with Crippen LogP contribution < -0.4 is 10.9 Å². The molecular formula is C21H18FN3O4. The fourth-order valence-corrected chi connectivity index (χ4v) is 2.88. The average Bonchev–Trinajstić information content (AvgIpc) is 2.67. The molecule has 8 heteroatoms. The van der Waals surface area contributed by atoms with Gasteiger partial charge in [0, 0.05) is 24.0 Å². The van der Waals surface area contributed by atoms with E-state index in [-0.39, 0.29) is 16.8 Å². The third-order valence-corrected chi connectivity index (χ3v) is 4.49. The zero-order chi connectivity index (χ0) is 21.1. The summed E-state index contributed by atoms with van der Waals surface area (Å²) < 4.78 is 14.9. The molecule has 0 unspecified atom stereocenters. The van der Waals surface area contributed by atoms with Crippen molar-refractivity contribution in [3.8, 4) is 0 Å². The Kier molecular flexibility index (Phi) is 5.54. The van der Waals surface area contributed by atoms with Crippen LogP contribution in [-0.4, -0.2) is 15.4 Å². The number of nitrogens with one attached hydrogen (secondary N) is 1. The predicted octanol–water partition coefficient (Wildman–Crippen LogP) is 3.81. The largest absolute Gasteiger partial charge is 0.322 e. The molecule has 0 spiro atoms. The Morgan fingerprint density at radius 1 is 1.14 bits per heavy atom. The highest BCUT2D eigenvalue weighted by Gasteiger charge is 2.16. The van der Waals surface area contributed by atoms with Crippen LogP contribution in [0.2, 0.25) is 0 Å². The Morgan fingerprint density at radius 2 is 1.90 bits per heavy atom. The van der Waals surface area contributed by atoms with Crippen molar-refractivity contribution < 1.29 is 14.1 Å². The van der Waals surface area contributed by atoms with Gasteiger partial charge in [-0.15, -0.1) is 0 Å². The van der Waals surface area contributed by atoms with Crippen LogP contribution in [-0.2, 0) is 6.54 Å². The van der Waals surface area contributed by atoms with Gasteiger partial charge < -0.3 is 9.88 Å². The molecule has 0 aliphatic carbocycles. The van der Waals surface area contributed by atoms with E-state index in [9.17, 15) is 24.1 Å². The lowest BCUT2D eigenvalue weighted by Crippen LogP contribution is -2.23. The number of aromatic nitrogens is 1. The molecule has 3 aromatic rings. The van der Waals surface area contributed by atoms with Crippen molar-refractivity contribution in [3.63, 3.8) is 0 Å². The zero-order valence-corrected chi connectivity index (χ0v) is 15.8. The lowest BCUT2D eigenvalue weighted by Gasteiger charge is -2.11. The van der Waals surface area contributed by atoms with E-state index < -0.39 is 22.3 Å². The Bertz CT molecular complexity index is 1170. The summed E-state index contributed by atoms with van der Waals surface area (Å²) >= 11 is 0. The third kappa shape index (κ3) is 4.55. The third-order valence-electron chi connectivity index (χ3n) is 4.49. The first-order valence-electron chi connectivity index (χ1n) is 8.76. The summed E-state index contributed by atoms with van der Waals surface area (Å²) in [6.45, 7) is 4.20. The number of pyridine rings is 1. The lowest BCUT2D eigenvalue weighted by atomic mass is 10.1. The Labute approximate surface area is 165 Å². The number of nitrogens with zero attached hydrogens (tertiary/aromatic N) is 2. The highest BCUT2D eigenvalue weighted by molar-refractivity contribution is 6.04. The molecule has 0 atom stereocenters. The molecule has 2 aromatic carbocycles. The molecule has 1 heterocycles. The molecule has 0 fully saturated rings. The van der Waals surface area contributed by atoms with Gasteiger partial charge in [0.2, 0.25) is 5.82 Å². The standard InChI is InChI=1S/C21H18FN3O4/c1-13-3-4-14(2)16(9-13)12-24-11-15(5-8-20(24)26)21(27)23-17-6-7-18(22)19(10-17)25(28)29/h3-11H,12H2,1-2H3,(H,23,27). The van der Waals surface area contributed by atoms with Gasteiger partial charge in [0.25, 0.3) is 11.5 Å². The average molecular weight is 395 g/mol. The normalized spacial score (nSPS) is 10.6. The van der Waals surface area contributed by atoms with Gasteiger partial charge in [-0.05, 0) is 43.2 Å². The summed E-state index contributed by atoms with van der Waals surface area (Å²) in [6.07, 6.45) is 1.43. The first-order chi connectivity index (χ1) is 13.7. The van der Waals surface area contributed by atoms with Crippen molar-refractivity contribution in [1.29, 1.82) is 0 Å². The van der Waals surface area contributed by atoms with Crippen LogP contribution in [0.3, 0.4) is 0 Å². The number of amides is 1. The Hall–Kier alpha value is -3.81. The highest BCUT2D eigenvalue weighted by atomic mass is 19.1. The van der Waals surface area contributed by atoms with Crippen molar-refractivity contribution in [1.82, 2.24) is 4.57 Å². The number of rotatable bonds is 5. The second-order valence-corrected chi connectivity index (χ2v) is 6.69. The van der Waals surface area contributed by atoms with Gasteiger partial charge in [-0.1, -0.05) is 23.8 Å². The molecule has 148 valence electrons. The van der Waals surface area contributed by atoms with E-state index in [1.54, 1.807) is 0 Å². The van der Waals surface area contributed by atoms with E-state index >= 15 is 0 Å². The Morgan fingerprint density at radius 3 is 2.62 bits per heavy atom. The quantitative estimate of drug-likeness (QED) is 0.525. The maximum absolute atomic E-state index is 13.5. The molecule has 1 aromatic heterocycles.